The van der Waals surface area contributed by atoms with Gasteiger partial charge in [-0.25, -0.2) is 13.2 Å². The van der Waals surface area contributed by atoms with Gasteiger partial charge in [-0.1, -0.05) is 12.1 Å². The number of rotatable bonds is 6. The number of esters is 1. The van der Waals surface area contributed by atoms with Crippen LogP contribution < -0.4 is 15.0 Å². The van der Waals surface area contributed by atoms with Crippen molar-refractivity contribution in [2.75, 3.05) is 50.1 Å². The minimum absolute atomic E-state index is 0.0910. The van der Waals surface area contributed by atoms with Gasteiger partial charge in [0.2, 0.25) is 10.0 Å². The van der Waals surface area contributed by atoms with Crippen LogP contribution in [0.15, 0.2) is 53.4 Å². The van der Waals surface area contributed by atoms with E-state index in [1.54, 1.807) is 14.0 Å². The first-order chi connectivity index (χ1) is 14.9. The molecule has 1 heterocycles. The zero-order valence-corrected chi connectivity index (χ0v) is 18.2. The fraction of sp³-hybridized carbons (Fsp3) is 0.333. The van der Waals surface area contributed by atoms with Gasteiger partial charge in [0.05, 0.1) is 24.3 Å². The second-order valence-corrected chi connectivity index (χ2v) is 8.70. The van der Waals surface area contributed by atoms with Crippen molar-refractivity contribution < 1.29 is 27.5 Å². The van der Waals surface area contributed by atoms with Crippen LogP contribution in [0.2, 0.25) is 0 Å². The molecule has 1 amide bonds. The van der Waals surface area contributed by atoms with Crippen molar-refractivity contribution in [3.63, 3.8) is 0 Å². The molecule has 9 nitrogen and oxygen atoms in total. The molecule has 3 rings (SSSR count). The second-order valence-electron chi connectivity index (χ2n) is 6.76. The summed E-state index contributed by atoms with van der Waals surface area (Å²) in [6.07, 6.45) is 0. The fourth-order valence-corrected chi connectivity index (χ4v) is 4.72. The molecule has 1 fully saturated rings. The number of methoxy groups -OCH3 is 1. The molecule has 0 radical (unpaired) electrons. The van der Waals surface area contributed by atoms with Crippen molar-refractivity contribution in [2.45, 2.75) is 11.8 Å². The van der Waals surface area contributed by atoms with E-state index in [4.69, 9.17) is 4.74 Å². The van der Waals surface area contributed by atoms with Gasteiger partial charge in [-0.15, -0.1) is 0 Å². The number of carbonyl (C=O) groups excluding carboxylic acids is 2. The van der Waals surface area contributed by atoms with E-state index in [-0.39, 0.29) is 11.5 Å². The summed E-state index contributed by atoms with van der Waals surface area (Å²) >= 11 is 0. The summed E-state index contributed by atoms with van der Waals surface area (Å²) in [6.45, 7) is 3.43. The molecule has 1 aliphatic heterocycles. The molecule has 1 aliphatic rings. The topological polar surface area (TPSA) is 105 Å². The first-order valence-electron chi connectivity index (χ1n) is 9.83. The van der Waals surface area contributed by atoms with E-state index in [0.29, 0.717) is 31.9 Å². The van der Waals surface area contributed by atoms with Crippen molar-refractivity contribution >= 4 is 33.3 Å². The molecule has 0 aromatic heterocycles. The molecule has 0 unspecified atom stereocenters. The number of carbonyl (C=O) groups is 2. The van der Waals surface area contributed by atoms with E-state index >= 15 is 0 Å². The highest BCUT2D eigenvalue weighted by Gasteiger charge is 2.29. The second kappa shape index (κ2) is 9.80. The maximum atomic E-state index is 13.0. The van der Waals surface area contributed by atoms with Gasteiger partial charge >= 0.3 is 11.9 Å². The van der Waals surface area contributed by atoms with Crippen LogP contribution in [-0.4, -0.2) is 64.5 Å². The van der Waals surface area contributed by atoms with Gasteiger partial charge in [-0.3, -0.25) is 4.79 Å². The lowest BCUT2D eigenvalue weighted by molar-refractivity contribution is -0.152. The third kappa shape index (κ3) is 5.15. The van der Waals surface area contributed by atoms with Crippen LogP contribution in [0.5, 0.6) is 5.75 Å². The fourth-order valence-electron chi connectivity index (χ4n) is 3.30. The van der Waals surface area contributed by atoms with E-state index in [0.717, 1.165) is 11.4 Å². The van der Waals surface area contributed by atoms with Gasteiger partial charge < -0.3 is 19.7 Å². The molecular formula is C21H25N3O6S. The highest BCUT2D eigenvalue weighted by molar-refractivity contribution is 7.89. The molecule has 10 heteroatoms. The predicted octanol–water partition coefficient (Wildman–Crippen LogP) is 1.71. The minimum Gasteiger partial charge on any atom is -0.495 e. The number of ether oxygens (including phenoxy) is 2. The molecule has 0 atom stereocenters. The molecule has 166 valence electrons. The van der Waals surface area contributed by atoms with Gasteiger partial charge in [-0.2, -0.15) is 4.31 Å². The SMILES string of the molecule is CCOC(=O)C(=O)Nc1ccc(S(=O)(=O)N2CCN(c3ccccc3OC)CC2)cc1. The summed E-state index contributed by atoms with van der Waals surface area (Å²) in [5, 5.41) is 2.38. The first-order valence-corrected chi connectivity index (χ1v) is 11.3. The third-order valence-electron chi connectivity index (χ3n) is 4.88. The number of amides is 1. The standard InChI is InChI=1S/C21H25N3O6S/c1-3-30-21(26)20(25)22-16-8-10-17(11-9-16)31(27,28)24-14-12-23(13-15-24)18-6-4-5-7-19(18)29-2/h4-11H,3,12-15H2,1-2H3,(H,22,25). The molecule has 0 spiro atoms. The molecule has 2 aromatic rings. The van der Waals surface area contributed by atoms with Crippen LogP contribution >= 0.6 is 0 Å². The predicted molar refractivity (Wildman–Crippen MR) is 116 cm³/mol. The van der Waals surface area contributed by atoms with Crippen LogP contribution in [0, 0.1) is 0 Å². The Morgan fingerprint density at radius 3 is 2.26 bits per heavy atom. The Hall–Kier alpha value is -3.11. The number of sulfonamides is 1. The highest BCUT2D eigenvalue weighted by atomic mass is 32.2. The summed E-state index contributed by atoms with van der Waals surface area (Å²) in [5.74, 6) is -1.16. The Bertz CT molecular complexity index is 1030. The lowest BCUT2D eigenvalue weighted by Crippen LogP contribution is -2.48. The average Bonchev–Trinajstić information content (AvgIpc) is 2.79. The zero-order valence-electron chi connectivity index (χ0n) is 17.4. The van der Waals surface area contributed by atoms with E-state index < -0.39 is 21.9 Å². The van der Waals surface area contributed by atoms with Gasteiger partial charge in [0, 0.05) is 31.9 Å². The van der Waals surface area contributed by atoms with Crippen molar-refractivity contribution in [2.24, 2.45) is 0 Å². The smallest absolute Gasteiger partial charge is 0.397 e. The normalized spacial score (nSPS) is 14.7. The molecule has 1 N–H and O–H groups in total. The lowest BCUT2D eigenvalue weighted by Gasteiger charge is -2.35. The zero-order chi connectivity index (χ0) is 22.4. The molecule has 2 aromatic carbocycles. The van der Waals surface area contributed by atoms with Gasteiger partial charge in [-0.05, 0) is 43.3 Å². The van der Waals surface area contributed by atoms with Crippen molar-refractivity contribution in [3.8, 4) is 5.75 Å². The maximum absolute atomic E-state index is 13.0. The summed E-state index contributed by atoms with van der Waals surface area (Å²) in [6, 6.07) is 13.3. The van der Waals surface area contributed by atoms with E-state index in [2.05, 4.69) is 15.0 Å². The lowest BCUT2D eigenvalue weighted by atomic mass is 10.2. The number of nitrogens with zero attached hydrogens (tertiary/aromatic N) is 2. The number of hydrogen-bond donors (Lipinski definition) is 1. The Kier molecular flexibility index (Phi) is 7.13. The van der Waals surface area contributed by atoms with Crippen LogP contribution in [0.3, 0.4) is 0 Å². The quantitative estimate of drug-likeness (QED) is 0.531. The molecule has 0 saturated carbocycles. The molecule has 0 bridgehead atoms. The highest BCUT2D eigenvalue weighted by Crippen LogP contribution is 2.29. The van der Waals surface area contributed by atoms with Gasteiger partial charge in [0.1, 0.15) is 5.75 Å². The minimum atomic E-state index is -3.68. The van der Waals surface area contributed by atoms with Crippen LogP contribution in [0.1, 0.15) is 6.92 Å². The monoisotopic (exact) mass is 447 g/mol. The number of hydrogen-bond acceptors (Lipinski definition) is 7. The first kappa shape index (κ1) is 22.6. The Morgan fingerprint density at radius 1 is 1.00 bits per heavy atom. The number of nitrogens with one attached hydrogen (secondary N) is 1. The van der Waals surface area contributed by atoms with Crippen molar-refractivity contribution in [1.82, 2.24) is 4.31 Å². The van der Waals surface area contributed by atoms with Crippen LogP contribution in [-0.2, 0) is 24.3 Å². The Balaban J connectivity index is 1.64. The number of benzene rings is 2. The Labute approximate surface area is 181 Å². The maximum Gasteiger partial charge on any atom is 0.397 e. The molecule has 0 aliphatic carbocycles. The van der Waals surface area contributed by atoms with E-state index in [1.807, 2.05) is 24.3 Å². The van der Waals surface area contributed by atoms with Gasteiger partial charge in [0.25, 0.3) is 0 Å². The van der Waals surface area contributed by atoms with Gasteiger partial charge in [0.15, 0.2) is 0 Å². The molecule has 1 saturated heterocycles. The molecule has 31 heavy (non-hydrogen) atoms. The average molecular weight is 448 g/mol. The van der Waals surface area contributed by atoms with Crippen LogP contribution in [0.4, 0.5) is 11.4 Å². The Morgan fingerprint density at radius 2 is 1.65 bits per heavy atom. The summed E-state index contributed by atoms with van der Waals surface area (Å²) in [4.78, 5) is 25.3. The largest absolute Gasteiger partial charge is 0.495 e. The van der Waals surface area contributed by atoms with E-state index in [1.165, 1.54) is 28.6 Å². The van der Waals surface area contributed by atoms with Crippen LogP contribution in [0.25, 0.3) is 0 Å². The summed E-state index contributed by atoms with van der Waals surface area (Å²) < 4.78 is 37.5. The number of anilines is 2. The summed E-state index contributed by atoms with van der Waals surface area (Å²) in [5.41, 5.74) is 1.24. The van der Waals surface area contributed by atoms with Crippen molar-refractivity contribution in [1.29, 1.82) is 0 Å². The summed E-state index contributed by atoms with van der Waals surface area (Å²) in [7, 11) is -2.07. The van der Waals surface area contributed by atoms with Crippen molar-refractivity contribution in [3.05, 3.63) is 48.5 Å². The van der Waals surface area contributed by atoms with E-state index in [9.17, 15) is 18.0 Å². The number of piperazine rings is 1. The number of para-hydroxylation sites is 2. The third-order valence-corrected chi connectivity index (χ3v) is 6.79. The molecular weight excluding hydrogens is 422 g/mol.